The number of hydrogen-bond acceptors (Lipinski definition) is 3. The number of aryl methyl sites for hydroxylation is 1. The molecule has 2 N–H and O–H groups in total. The molecule has 1 unspecified atom stereocenters. The molecule has 0 saturated heterocycles. The van der Waals surface area contributed by atoms with Crippen molar-refractivity contribution in [1.29, 1.82) is 0 Å². The molecule has 2 aromatic rings. The molecule has 0 radical (unpaired) electrons. The monoisotopic (exact) mass is 351 g/mol. The Hall–Kier alpha value is -0.680. The minimum atomic E-state index is -0.176. The predicted octanol–water partition coefficient (Wildman–Crippen LogP) is 3.52. The van der Waals surface area contributed by atoms with Gasteiger partial charge in [-0.1, -0.05) is 28.1 Å². The summed E-state index contributed by atoms with van der Waals surface area (Å²) < 4.78 is 1.14. The zero-order valence-electron chi connectivity index (χ0n) is 11.2. The SMILES string of the molecule is OCC1(NCc2cccs2)CCc2cc(Br)ccc2C1. The molecule has 0 spiro atoms. The summed E-state index contributed by atoms with van der Waals surface area (Å²) in [6.45, 7) is 1.03. The van der Waals surface area contributed by atoms with Crippen LogP contribution in [0.25, 0.3) is 0 Å². The summed E-state index contributed by atoms with van der Waals surface area (Å²) in [7, 11) is 0. The van der Waals surface area contributed by atoms with Gasteiger partial charge >= 0.3 is 0 Å². The highest BCUT2D eigenvalue weighted by Gasteiger charge is 2.33. The molecule has 4 heteroatoms. The first-order valence-electron chi connectivity index (χ1n) is 6.86. The minimum Gasteiger partial charge on any atom is -0.394 e. The number of rotatable bonds is 4. The molecule has 0 amide bonds. The van der Waals surface area contributed by atoms with Gasteiger partial charge in [-0.15, -0.1) is 11.3 Å². The molecular formula is C16H18BrNOS. The first kappa shape index (κ1) is 14.3. The Morgan fingerprint density at radius 1 is 1.30 bits per heavy atom. The third-order valence-electron chi connectivity index (χ3n) is 4.09. The van der Waals surface area contributed by atoms with Crippen LogP contribution in [-0.4, -0.2) is 17.3 Å². The van der Waals surface area contributed by atoms with Crippen LogP contribution in [0.1, 0.15) is 22.4 Å². The van der Waals surface area contributed by atoms with Crippen LogP contribution < -0.4 is 5.32 Å². The topological polar surface area (TPSA) is 32.3 Å². The number of nitrogens with one attached hydrogen (secondary N) is 1. The molecule has 0 saturated carbocycles. The predicted molar refractivity (Wildman–Crippen MR) is 87.1 cm³/mol. The summed E-state index contributed by atoms with van der Waals surface area (Å²) >= 11 is 5.29. The standard InChI is InChI=1S/C16H18BrNOS/c17-14-4-3-13-9-16(11-19,6-5-12(13)8-14)18-10-15-2-1-7-20-15/h1-4,7-8,18-19H,5-6,9-11H2. The Kier molecular flexibility index (Phi) is 4.26. The summed E-state index contributed by atoms with van der Waals surface area (Å²) in [6, 6.07) is 10.7. The fourth-order valence-electron chi connectivity index (χ4n) is 2.86. The molecule has 0 fully saturated rings. The number of thiophene rings is 1. The van der Waals surface area contributed by atoms with Crippen LogP contribution in [0.4, 0.5) is 0 Å². The average molecular weight is 352 g/mol. The summed E-state index contributed by atoms with van der Waals surface area (Å²) in [5, 5.41) is 15.6. The number of aliphatic hydroxyl groups excluding tert-OH is 1. The Labute approximate surface area is 132 Å². The number of benzene rings is 1. The van der Waals surface area contributed by atoms with Crippen LogP contribution in [0.5, 0.6) is 0 Å². The van der Waals surface area contributed by atoms with Crippen LogP contribution in [0.2, 0.25) is 0 Å². The lowest BCUT2D eigenvalue weighted by Gasteiger charge is -2.38. The molecule has 3 rings (SSSR count). The first-order valence-corrected chi connectivity index (χ1v) is 8.54. The fraction of sp³-hybridized carbons (Fsp3) is 0.375. The van der Waals surface area contributed by atoms with Crippen molar-refractivity contribution >= 4 is 27.3 Å². The minimum absolute atomic E-state index is 0.176. The second kappa shape index (κ2) is 5.98. The lowest BCUT2D eigenvalue weighted by Crippen LogP contribution is -2.52. The highest BCUT2D eigenvalue weighted by Crippen LogP contribution is 2.31. The quantitative estimate of drug-likeness (QED) is 0.883. The van der Waals surface area contributed by atoms with Gasteiger partial charge in [0.1, 0.15) is 0 Å². The summed E-state index contributed by atoms with van der Waals surface area (Å²) in [4.78, 5) is 1.32. The number of halogens is 1. The maximum Gasteiger partial charge on any atom is 0.0616 e. The normalized spacial score (nSPS) is 21.7. The first-order chi connectivity index (χ1) is 9.71. The molecular weight excluding hydrogens is 334 g/mol. The highest BCUT2D eigenvalue weighted by molar-refractivity contribution is 9.10. The van der Waals surface area contributed by atoms with Crippen molar-refractivity contribution in [3.8, 4) is 0 Å². The molecule has 2 nitrogen and oxygen atoms in total. The van der Waals surface area contributed by atoms with E-state index in [1.807, 2.05) is 0 Å². The van der Waals surface area contributed by atoms with Crippen molar-refractivity contribution in [2.24, 2.45) is 0 Å². The number of hydrogen-bond donors (Lipinski definition) is 2. The second-order valence-corrected chi connectivity index (χ2v) is 7.41. The van der Waals surface area contributed by atoms with E-state index in [1.165, 1.54) is 16.0 Å². The van der Waals surface area contributed by atoms with Crippen molar-refractivity contribution in [2.75, 3.05) is 6.61 Å². The number of fused-ring (bicyclic) bond motifs is 1. The number of aliphatic hydroxyl groups is 1. The average Bonchev–Trinajstić information content (AvgIpc) is 2.98. The van der Waals surface area contributed by atoms with Gasteiger partial charge in [-0.3, -0.25) is 0 Å². The van der Waals surface area contributed by atoms with Gasteiger partial charge < -0.3 is 10.4 Å². The molecule has 0 aliphatic heterocycles. The van der Waals surface area contributed by atoms with Crippen LogP contribution in [0, 0.1) is 0 Å². The molecule has 1 heterocycles. The highest BCUT2D eigenvalue weighted by atomic mass is 79.9. The smallest absolute Gasteiger partial charge is 0.0616 e. The summed E-state index contributed by atoms with van der Waals surface area (Å²) in [5.74, 6) is 0. The maximum atomic E-state index is 9.88. The van der Waals surface area contributed by atoms with E-state index in [2.05, 4.69) is 57.0 Å². The Morgan fingerprint density at radius 2 is 2.20 bits per heavy atom. The Bertz CT molecular complexity index is 584. The van der Waals surface area contributed by atoms with Gasteiger partial charge in [0, 0.05) is 21.4 Å². The van der Waals surface area contributed by atoms with E-state index in [0.29, 0.717) is 0 Å². The maximum absolute atomic E-state index is 9.88. The molecule has 1 aromatic heterocycles. The van der Waals surface area contributed by atoms with Gasteiger partial charge in [0.15, 0.2) is 0 Å². The van der Waals surface area contributed by atoms with Crippen LogP contribution in [0.3, 0.4) is 0 Å². The molecule has 1 aliphatic carbocycles. The molecule has 1 aromatic carbocycles. The van der Waals surface area contributed by atoms with Gasteiger partial charge in [0.2, 0.25) is 0 Å². The van der Waals surface area contributed by atoms with E-state index in [1.54, 1.807) is 11.3 Å². The summed E-state index contributed by atoms with van der Waals surface area (Å²) in [5.41, 5.74) is 2.58. The van der Waals surface area contributed by atoms with Crippen molar-refractivity contribution in [3.05, 3.63) is 56.2 Å². The van der Waals surface area contributed by atoms with Crippen molar-refractivity contribution in [1.82, 2.24) is 5.32 Å². The zero-order valence-corrected chi connectivity index (χ0v) is 13.6. The van der Waals surface area contributed by atoms with E-state index in [4.69, 9.17) is 0 Å². The van der Waals surface area contributed by atoms with Crippen LogP contribution in [0.15, 0.2) is 40.2 Å². The van der Waals surface area contributed by atoms with E-state index in [9.17, 15) is 5.11 Å². The second-order valence-electron chi connectivity index (χ2n) is 5.46. The van der Waals surface area contributed by atoms with Gasteiger partial charge in [-0.05, 0) is 54.0 Å². The lowest BCUT2D eigenvalue weighted by molar-refractivity contribution is 0.143. The lowest BCUT2D eigenvalue weighted by atomic mass is 9.78. The van der Waals surface area contributed by atoms with Crippen molar-refractivity contribution in [2.45, 2.75) is 31.3 Å². The zero-order chi connectivity index (χ0) is 14.0. The van der Waals surface area contributed by atoms with Crippen LogP contribution >= 0.6 is 27.3 Å². The van der Waals surface area contributed by atoms with Gasteiger partial charge in [0.25, 0.3) is 0 Å². The molecule has 1 aliphatic rings. The molecule has 1 atom stereocenters. The fourth-order valence-corrected chi connectivity index (χ4v) is 3.91. The molecule has 0 bridgehead atoms. The third kappa shape index (κ3) is 2.98. The van der Waals surface area contributed by atoms with Gasteiger partial charge in [-0.25, -0.2) is 0 Å². The van der Waals surface area contributed by atoms with Crippen molar-refractivity contribution in [3.63, 3.8) is 0 Å². The van der Waals surface area contributed by atoms with E-state index >= 15 is 0 Å². The van der Waals surface area contributed by atoms with E-state index in [-0.39, 0.29) is 12.1 Å². The van der Waals surface area contributed by atoms with E-state index in [0.717, 1.165) is 30.3 Å². The van der Waals surface area contributed by atoms with Crippen LogP contribution in [-0.2, 0) is 19.4 Å². The largest absolute Gasteiger partial charge is 0.394 e. The van der Waals surface area contributed by atoms with Gasteiger partial charge in [0.05, 0.1) is 6.61 Å². The van der Waals surface area contributed by atoms with E-state index < -0.39 is 0 Å². The molecule has 20 heavy (non-hydrogen) atoms. The third-order valence-corrected chi connectivity index (χ3v) is 5.46. The Balaban J connectivity index is 1.75. The Morgan fingerprint density at radius 3 is 2.95 bits per heavy atom. The molecule has 106 valence electrons. The summed E-state index contributed by atoms with van der Waals surface area (Å²) in [6.07, 6.45) is 2.91. The van der Waals surface area contributed by atoms with Crippen molar-refractivity contribution < 1.29 is 5.11 Å². The van der Waals surface area contributed by atoms with Gasteiger partial charge in [-0.2, -0.15) is 0 Å².